The fraction of sp³-hybridized carbons (Fsp3) is 0.605. The minimum atomic E-state index is -1.38. The molecule has 0 saturated heterocycles. The normalized spacial score (nSPS) is 14.7. The highest BCUT2D eigenvalue weighted by atomic mass is 16.6. The van der Waals surface area contributed by atoms with Crippen LogP contribution in [0.15, 0.2) is 54.6 Å². The number of carbonyl (C=O) groups is 5. The second-order valence-electron chi connectivity index (χ2n) is 16.3. The van der Waals surface area contributed by atoms with Crippen LogP contribution in [0.25, 0.3) is 0 Å². The number of esters is 1. The predicted octanol–water partition coefficient (Wildman–Crippen LogP) is 4.33. The fourth-order valence-electron chi connectivity index (χ4n) is 6.32. The van der Waals surface area contributed by atoms with E-state index in [1.807, 2.05) is 58.0 Å². The number of benzene rings is 2. The van der Waals surface area contributed by atoms with Crippen LogP contribution in [0.1, 0.15) is 92.2 Å². The maximum atomic E-state index is 14.3. The molecule has 0 aliphatic rings. The van der Waals surface area contributed by atoms with Gasteiger partial charge in [-0.3, -0.25) is 19.2 Å². The third-order valence-corrected chi connectivity index (χ3v) is 9.10. The quantitative estimate of drug-likeness (QED) is 0.107. The molecule has 0 spiro atoms. The van der Waals surface area contributed by atoms with Crippen LogP contribution < -0.4 is 20.7 Å². The van der Waals surface area contributed by atoms with Crippen molar-refractivity contribution in [2.45, 2.75) is 136 Å². The third kappa shape index (κ3) is 18.0. The Morgan fingerprint density at radius 1 is 0.754 bits per heavy atom. The van der Waals surface area contributed by atoms with Gasteiger partial charge in [-0.25, -0.2) is 4.79 Å². The average Bonchev–Trinajstić information content (AvgIpc) is 3.12. The van der Waals surface area contributed by atoms with Crippen molar-refractivity contribution < 1.29 is 48.4 Å². The summed E-state index contributed by atoms with van der Waals surface area (Å²) in [6.45, 7) is 14.6. The third-order valence-electron chi connectivity index (χ3n) is 9.10. The van der Waals surface area contributed by atoms with E-state index in [-0.39, 0.29) is 44.1 Å². The second kappa shape index (κ2) is 23.5. The Morgan fingerprint density at radius 2 is 1.33 bits per heavy atom. The Bertz CT molecular complexity index is 1560. The first kappa shape index (κ1) is 48.5. The summed E-state index contributed by atoms with van der Waals surface area (Å²) in [4.78, 5) is 68.4. The topological polar surface area (TPSA) is 193 Å². The molecule has 0 radical (unpaired) electrons. The molecule has 0 heterocycles. The number of amides is 4. The van der Waals surface area contributed by atoms with Crippen molar-refractivity contribution in [3.8, 4) is 5.75 Å². The van der Waals surface area contributed by atoms with Gasteiger partial charge in [-0.2, -0.15) is 0 Å². The molecule has 318 valence electrons. The van der Waals surface area contributed by atoms with Gasteiger partial charge >= 0.3 is 12.1 Å². The molecule has 2 aromatic carbocycles. The molecule has 2 aromatic rings. The summed E-state index contributed by atoms with van der Waals surface area (Å²) in [5.74, 6) is -1.61. The molecular weight excluding hydrogens is 732 g/mol. The van der Waals surface area contributed by atoms with E-state index in [1.165, 1.54) is 11.9 Å². The van der Waals surface area contributed by atoms with Gasteiger partial charge in [0, 0.05) is 13.5 Å². The number of aliphatic hydroxyl groups excluding tert-OH is 2. The SMILES string of the molecule is CCOC(=O)C[C@H](O)[C@H](CC(C)C)NC(=O)C[C@H](O)[C@H](Cc1ccccc1)NC(=O)[C@H](CC(C)C)N(C)C(=O)[C@H](Cc1ccc(OC)cc1)NC(=O)OC(C)(C)C. The maximum Gasteiger partial charge on any atom is 0.408 e. The lowest BCUT2D eigenvalue weighted by Crippen LogP contribution is -2.58. The average molecular weight is 799 g/mol. The van der Waals surface area contributed by atoms with Gasteiger partial charge in [-0.1, -0.05) is 70.2 Å². The Morgan fingerprint density at radius 3 is 1.88 bits per heavy atom. The molecule has 5 N–H and O–H groups in total. The highest BCUT2D eigenvalue weighted by Gasteiger charge is 2.36. The minimum absolute atomic E-state index is 0.0444. The zero-order chi connectivity index (χ0) is 42.9. The molecule has 0 aromatic heterocycles. The molecule has 0 unspecified atom stereocenters. The van der Waals surface area contributed by atoms with Crippen LogP contribution >= 0.6 is 0 Å². The number of hydrogen-bond acceptors (Lipinski definition) is 10. The van der Waals surface area contributed by atoms with Gasteiger partial charge in [-0.05, 0) is 82.1 Å². The Kier molecular flexibility index (Phi) is 20.0. The lowest BCUT2D eigenvalue weighted by molar-refractivity contribution is -0.146. The highest BCUT2D eigenvalue weighted by molar-refractivity contribution is 5.91. The van der Waals surface area contributed by atoms with E-state index in [2.05, 4.69) is 16.0 Å². The number of nitrogens with zero attached hydrogens (tertiary/aromatic N) is 1. The van der Waals surface area contributed by atoms with Crippen molar-refractivity contribution in [2.75, 3.05) is 20.8 Å². The van der Waals surface area contributed by atoms with Gasteiger partial charge in [0.1, 0.15) is 23.4 Å². The Hall–Kier alpha value is -4.69. The number of hydrogen-bond donors (Lipinski definition) is 5. The summed E-state index contributed by atoms with van der Waals surface area (Å²) in [5, 5.41) is 30.8. The van der Waals surface area contributed by atoms with Gasteiger partial charge in [0.25, 0.3) is 0 Å². The summed E-state index contributed by atoms with van der Waals surface area (Å²) < 4.78 is 15.7. The van der Waals surface area contributed by atoms with Gasteiger partial charge in [0.05, 0.1) is 50.8 Å². The monoisotopic (exact) mass is 798 g/mol. The summed E-state index contributed by atoms with van der Waals surface area (Å²) in [5.41, 5.74) is 0.695. The molecule has 2 rings (SSSR count). The number of alkyl carbamates (subject to hydrolysis) is 1. The summed E-state index contributed by atoms with van der Waals surface area (Å²) in [6.07, 6.45) is -3.24. The number of carbonyl (C=O) groups excluding carboxylic acids is 5. The standard InChI is InChI=1S/C43H66N4O10/c1-11-56-39(51)26-37(49)32(21-27(2)3)44-38(50)25-36(48)33(23-29-15-13-12-14-16-29)45-40(52)35(22-28(4)5)47(9)41(53)34(46-42(54)57-43(6,7)8)24-30-17-19-31(55-10)20-18-30/h12-20,27-28,32-37,48-49H,11,21-26H2,1-10H3,(H,44,50)(H,45,52)(H,46,54)/t32-,33-,34-,35-,36-,37-/m0/s1. The summed E-state index contributed by atoms with van der Waals surface area (Å²) >= 11 is 0. The lowest BCUT2D eigenvalue weighted by atomic mass is 9.95. The largest absolute Gasteiger partial charge is 0.497 e. The summed E-state index contributed by atoms with van der Waals surface area (Å²) in [6, 6.07) is 12.3. The van der Waals surface area contributed by atoms with Crippen molar-refractivity contribution in [3.63, 3.8) is 0 Å². The van der Waals surface area contributed by atoms with Crippen LogP contribution in [0.4, 0.5) is 4.79 Å². The summed E-state index contributed by atoms with van der Waals surface area (Å²) in [7, 11) is 3.04. The zero-order valence-electron chi connectivity index (χ0n) is 35.4. The van der Waals surface area contributed by atoms with Crippen LogP contribution in [0.2, 0.25) is 0 Å². The number of nitrogens with one attached hydrogen (secondary N) is 3. The molecule has 0 aliphatic carbocycles. The first-order chi connectivity index (χ1) is 26.7. The van der Waals surface area contributed by atoms with Gasteiger partial charge in [0.15, 0.2) is 0 Å². The Labute approximate surface area is 338 Å². The number of aliphatic hydroxyl groups is 2. The molecule has 14 nitrogen and oxygen atoms in total. The fourth-order valence-corrected chi connectivity index (χ4v) is 6.32. The number of rotatable bonds is 22. The van der Waals surface area contributed by atoms with Gasteiger partial charge in [-0.15, -0.1) is 0 Å². The minimum Gasteiger partial charge on any atom is -0.497 e. The van der Waals surface area contributed by atoms with Crippen LogP contribution in [-0.2, 0) is 41.5 Å². The molecule has 57 heavy (non-hydrogen) atoms. The first-order valence-corrected chi connectivity index (χ1v) is 19.8. The lowest BCUT2D eigenvalue weighted by Gasteiger charge is -2.34. The van der Waals surface area contributed by atoms with Gasteiger partial charge in [0.2, 0.25) is 17.7 Å². The van der Waals surface area contributed by atoms with E-state index in [1.54, 1.807) is 59.1 Å². The number of likely N-dealkylation sites (N-methyl/N-ethyl adjacent to an activating group) is 1. The Balaban J connectivity index is 2.39. The van der Waals surface area contributed by atoms with Crippen molar-refractivity contribution in [1.82, 2.24) is 20.9 Å². The van der Waals surface area contributed by atoms with E-state index in [4.69, 9.17) is 14.2 Å². The van der Waals surface area contributed by atoms with Crippen molar-refractivity contribution >= 4 is 29.8 Å². The van der Waals surface area contributed by atoms with E-state index >= 15 is 0 Å². The van der Waals surface area contributed by atoms with Crippen molar-refractivity contribution in [2.24, 2.45) is 11.8 Å². The van der Waals surface area contributed by atoms with Crippen LogP contribution in [-0.4, -0.2) is 108 Å². The predicted molar refractivity (Wildman–Crippen MR) is 217 cm³/mol. The van der Waals surface area contributed by atoms with E-state index in [0.717, 1.165) is 11.1 Å². The zero-order valence-corrected chi connectivity index (χ0v) is 35.4. The molecule has 4 amide bonds. The second-order valence-corrected chi connectivity index (χ2v) is 16.3. The molecule has 14 heteroatoms. The smallest absolute Gasteiger partial charge is 0.408 e. The van der Waals surface area contributed by atoms with Gasteiger partial charge < -0.3 is 45.3 Å². The molecule has 0 aliphatic heterocycles. The van der Waals surface area contributed by atoms with Crippen LogP contribution in [0.3, 0.4) is 0 Å². The highest BCUT2D eigenvalue weighted by Crippen LogP contribution is 2.19. The van der Waals surface area contributed by atoms with Crippen molar-refractivity contribution in [1.29, 1.82) is 0 Å². The van der Waals surface area contributed by atoms with Crippen LogP contribution in [0, 0.1) is 11.8 Å². The van der Waals surface area contributed by atoms with Crippen LogP contribution in [0.5, 0.6) is 5.75 Å². The number of ether oxygens (including phenoxy) is 3. The van der Waals surface area contributed by atoms with Crippen molar-refractivity contribution in [3.05, 3.63) is 65.7 Å². The molecule has 0 bridgehead atoms. The maximum absolute atomic E-state index is 14.3. The van der Waals surface area contributed by atoms with E-state index in [0.29, 0.717) is 12.2 Å². The molecule has 0 fully saturated rings. The number of methoxy groups -OCH3 is 1. The molecular formula is C43H66N4O10. The molecule has 0 saturated carbocycles. The first-order valence-electron chi connectivity index (χ1n) is 19.8. The van der Waals surface area contributed by atoms with E-state index < -0.39 is 78.2 Å². The molecule has 6 atom stereocenters. The van der Waals surface area contributed by atoms with E-state index in [9.17, 15) is 34.2 Å².